The summed E-state index contributed by atoms with van der Waals surface area (Å²) in [7, 11) is 1.76. The Labute approximate surface area is 90.5 Å². The molecule has 4 heteroatoms. The van der Waals surface area contributed by atoms with E-state index in [-0.39, 0.29) is 17.2 Å². The first-order valence-electron chi connectivity index (χ1n) is 5.09. The zero-order chi connectivity index (χ0) is 11.6. The summed E-state index contributed by atoms with van der Waals surface area (Å²) in [6.45, 7) is 6.11. The van der Waals surface area contributed by atoms with Gasteiger partial charge in [0.25, 0.3) is 0 Å². The van der Waals surface area contributed by atoms with Gasteiger partial charge in [0.1, 0.15) is 5.69 Å². The van der Waals surface area contributed by atoms with Gasteiger partial charge in [0.05, 0.1) is 0 Å². The Balaban J connectivity index is 2.69. The number of rotatable bonds is 3. The Morgan fingerprint density at radius 1 is 1.60 bits per heavy atom. The van der Waals surface area contributed by atoms with Crippen molar-refractivity contribution in [2.45, 2.75) is 33.2 Å². The minimum absolute atomic E-state index is 0.0474. The SMILES string of the molecule is Cn1nccc1C(=O)CC(N)C(C)(C)C. The van der Waals surface area contributed by atoms with Crippen molar-refractivity contribution in [2.75, 3.05) is 0 Å². The summed E-state index contributed by atoms with van der Waals surface area (Å²) in [6, 6.07) is 1.59. The van der Waals surface area contributed by atoms with Gasteiger partial charge in [0, 0.05) is 25.7 Å². The fraction of sp³-hybridized carbons (Fsp3) is 0.636. The zero-order valence-corrected chi connectivity index (χ0v) is 9.82. The Morgan fingerprint density at radius 2 is 2.20 bits per heavy atom. The van der Waals surface area contributed by atoms with Crippen LogP contribution in [0, 0.1) is 5.41 Å². The van der Waals surface area contributed by atoms with Crippen LogP contribution in [0.1, 0.15) is 37.7 Å². The van der Waals surface area contributed by atoms with Crippen LogP contribution in [0.5, 0.6) is 0 Å². The summed E-state index contributed by atoms with van der Waals surface area (Å²) in [5.74, 6) is 0.0532. The van der Waals surface area contributed by atoms with Crippen molar-refractivity contribution in [2.24, 2.45) is 18.2 Å². The number of ketones is 1. The predicted octanol–water partition coefficient (Wildman–Crippen LogP) is 1.37. The highest BCUT2D eigenvalue weighted by atomic mass is 16.1. The fourth-order valence-electron chi connectivity index (χ4n) is 1.26. The third-order valence-corrected chi connectivity index (χ3v) is 2.62. The van der Waals surface area contributed by atoms with Crippen LogP contribution in [0.25, 0.3) is 0 Å². The molecule has 1 unspecified atom stereocenters. The van der Waals surface area contributed by atoms with Gasteiger partial charge < -0.3 is 5.73 Å². The maximum atomic E-state index is 11.8. The number of hydrogen-bond donors (Lipinski definition) is 1. The molecule has 0 aliphatic carbocycles. The lowest BCUT2D eigenvalue weighted by molar-refractivity contribution is 0.0944. The molecule has 15 heavy (non-hydrogen) atoms. The minimum Gasteiger partial charge on any atom is -0.327 e. The van der Waals surface area contributed by atoms with Gasteiger partial charge in [-0.3, -0.25) is 9.48 Å². The van der Waals surface area contributed by atoms with Gasteiger partial charge in [-0.05, 0) is 11.5 Å². The number of carbonyl (C=O) groups excluding carboxylic acids is 1. The van der Waals surface area contributed by atoms with Crippen molar-refractivity contribution in [3.63, 3.8) is 0 Å². The first-order valence-corrected chi connectivity index (χ1v) is 5.09. The summed E-state index contributed by atoms with van der Waals surface area (Å²) in [5.41, 5.74) is 6.53. The summed E-state index contributed by atoms with van der Waals surface area (Å²) < 4.78 is 1.58. The van der Waals surface area contributed by atoms with Crippen molar-refractivity contribution in [1.82, 2.24) is 9.78 Å². The molecule has 0 saturated carbocycles. The van der Waals surface area contributed by atoms with Crippen LogP contribution in [-0.4, -0.2) is 21.6 Å². The second kappa shape index (κ2) is 4.14. The van der Waals surface area contributed by atoms with Crippen LogP contribution >= 0.6 is 0 Å². The summed E-state index contributed by atoms with van der Waals surface area (Å²) in [5, 5.41) is 3.96. The van der Waals surface area contributed by atoms with Gasteiger partial charge in [0.15, 0.2) is 5.78 Å². The maximum absolute atomic E-state index is 11.8. The molecule has 0 saturated heterocycles. The first kappa shape index (κ1) is 11.9. The van der Waals surface area contributed by atoms with E-state index < -0.39 is 0 Å². The number of hydrogen-bond acceptors (Lipinski definition) is 3. The largest absolute Gasteiger partial charge is 0.327 e. The lowest BCUT2D eigenvalue weighted by Crippen LogP contribution is -2.37. The number of carbonyl (C=O) groups is 1. The van der Waals surface area contributed by atoms with Gasteiger partial charge in [-0.25, -0.2) is 0 Å². The molecule has 1 rings (SSSR count). The van der Waals surface area contributed by atoms with E-state index in [1.54, 1.807) is 24.0 Å². The lowest BCUT2D eigenvalue weighted by Gasteiger charge is -2.26. The van der Waals surface area contributed by atoms with Crippen molar-refractivity contribution in [3.8, 4) is 0 Å². The Kier molecular flexibility index (Phi) is 3.29. The lowest BCUT2D eigenvalue weighted by atomic mass is 9.84. The van der Waals surface area contributed by atoms with Crippen molar-refractivity contribution >= 4 is 5.78 Å². The van der Waals surface area contributed by atoms with Gasteiger partial charge >= 0.3 is 0 Å². The molecule has 1 aromatic heterocycles. The molecular weight excluding hydrogens is 190 g/mol. The van der Waals surface area contributed by atoms with Crippen LogP contribution in [0.3, 0.4) is 0 Å². The monoisotopic (exact) mass is 209 g/mol. The molecule has 84 valence electrons. The van der Waals surface area contributed by atoms with E-state index in [1.807, 2.05) is 20.8 Å². The summed E-state index contributed by atoms with van der Waals surface area (Å²) in [6.07, 6.45) is 1.98. The van der Waals surface area contributed by atoms with Crippen molar-refractivity contribution < 1.29 is 4.79 Å². The molecule has 2 N–H and O–H groups in total. The molecule has 0 bridgehead atoms. The topological polar surface area (TPSA) is 60.9 Å². The molecule has 1 atom stereocenters. The number of nitrogens with zero attached hydrogens (tertiary/aromatic N) is 2. The Morgan fingerprint density at radius 3 is 2.60 bits per heavy atom. The van der Waals surface area contributed by atoms with E-state index in [4.69, 9.17) is 5.73 Å². The molecular formula is C11H19N3O. The quantitative estimate of drug-likeness (QED) is 0.765. The highest BCUT2D eigenvalue weighted by Gasteiger charge is 2.24. The first-order chi connectivity index (χ1) is 6.82. The van der Waals surface area contributed by atoms with E-state index in [2.05, 4.69) is 5.10 Å². The van der Waals surface area contributed by atoms with Gasteiger partial charge in [-0.2, -0.15) is 5.10 Å². The zero-order valence-electron chi connectivity index (χ0n) is 9.82. The van der Waals surface area contributed by atoms with E-state index in [9.17, 15) is 4.79 Å². The minimum atomic E-state index is -0.125. The van der Waals surface area contributed by atoms with Gasteiger partial charge in [-0.15, -0.1) is 0 Å². The van der Waals surface area contributed by atoms with Crippen LogP contribution in [0.15, 0.2) is 12.3 Å². The second-order valence-corrected chi connectivity index (χ2v) is 4.94. The number of aryl methyl sites for hydroxylation is 1. The van der Waals surface area contributed by atoms with E-state index in [0.717, 1.165) is 0 Å². The van der Waals surface area contributed by atoms with Crippen LogP contribution in [0.2, 0.25) is 0 Å². The molecule has 1 aromatic rings. The Hall–Kier alpha value is -1.16. The molecule has 0 radical (unpaired) electrons. The second-order valence-electron chi connectivity index (χ2n) is 4.94. The smallest absolute Gasteiger partial charge is 0.182 e. The molecule has 0 aliphatic heterocycles. The van der Waals surface area contributed by atoms with E-state index in [0.29, 0.717) is 12.1 Å². The van der Waals surface area contributed by atoms with Crippen LogP contribution < -0.4 is 5.73 Å². The van der Waals surface area contributed by atoms with E-state index >= 15 is 0 Å². The predicted molar refractivity (Wildman–Crippen MR) is 59.6 cm³/mol. The molecule has 0 fully saturated rings. The van der Waals surface area contributed by atoms with Gasteiger partial charge in [0.2, 0.25) is 0 Å². The van der Waals surface area contributed by atoms with Gasteiger partial charge in [-0.1, -0.05) is 20.8 Å². The average molecular weight is 209 g/mol. The molecule has 1 heterocycles. The fourth-order valence-corrected chi connectivity index (χ4v) is 1.26. The molecule has 0 amide bonds. The summed E-state index contributed by atoms with van der Waals surface area (Å²) >= 11 is 0. The highest BCUT2D eigenvalue weighted by molar-refractivity contribution is 5.94. The normalized spacial score (nSPS) is 13.9. The molecule has 0 aromatic carbocycles. The van der Waals surface area contributed by atoms with E-state index in [1.165, 1.54) is 0 Å². The van der Waals surface area contributed by atoms with Crippen molar-refractivity contribution in [1.29, 1.82) is 0 Å². The average Bonchev–Trinajstić information content (AvgIpc) is 2.49. The van der Waals surface area contributed by atoms with Crippen LogP contribution in [-0.2, 0) is 7.05 Å². The highest BCUT2D eigenvalue weighted by Crippen LogP contribution is 2.21. The number of nitrogens with two attached hydrogens (primary N) is 1. The Bertz CT molecular complexity index is 349. The number of Topliss-reactive ketones (excluding diaryl/α,β-unsaturated/α-hetero) is 1. The third-order valence-electron chi connectivity index (χ3n) is 2.62. The maximum Gasteiger partial charge on any atom is 0.182 e. The third kappa shape index (κ3) is 2.89. The standard InChI is InChI=1S/C11H19N3O/c1-11(2,3)10(12)7-9(15)8-5-6-13-14(8)4/h5-6,10H,7,12H2,1-4H3. The van der Waals surface area contributed by atoms with Crippen LogP contribution in [0.4, 0.5) is 0 Å². The summed E-state index contributed by atoms with van der Waals surface area (Å²) in [4.78, 5) is 11.8. The molecule has 0 spiro atoms. The number of aromatic nitrogens is 2. The molecule has 0 aliphatic rings. The van der Waals surface area contributed by atoms with Crippen molar-refractivity contribution in [3.05, 3.63) is 18.0 Å². The molecule has 4 nitrogen and oxygen atoms in total.